The van der Waals surface area contributed by atoms with Gasteiger partial charge in [-0.25, -0.2) is 17.9 Å². The molecule has 2 amide bonds. The van der Waals surface area contributed by atoms with E-state index in [-0.39, 0.29) is 0 Å². The lowest BCUT2D eigenvalue weighted by Gasteiger charge is -2.50. The Balaban J connectivity index is 1.15. The fraction of sp³-hybridized carbons (Fsp3) is 0.708. The van der Waals surface area contributed by atoms with Crippen molar-refractivity contribution in [1.29, 1.82) is 0 Å². The minimum Gasteiger partial charge on any atom is -0.307 e. The Kier molecular flexibility index (Phi) is 5.04. The maximum atomic E-state index is 13.2. The molecule has 0 radical (unpaired) electrons. The van der Waals surface area contributed by atoms with Crippen molar-refractivity contribution in [2.45, 2.75) is 87.6 Å². The molecule has 5 aliphatic rings. The number of aryl methyl sites for hydroxylation is 2. The molecule has 3 fully saturated rings. The summed E-state index contributed by atoms with van der Waals surface area (Å²) in [5.74, 6) is 0. The van der Waals surface area contributed by atoms with E-state index in [0.717, 1.165) is 70.1 Å². The van der Waals surface area contributed by atoms with Crippen molar-refractivity contribution in [3.63, 3.8) is 0 Å². The molecule has 2 N–H and O–H groups in total. The van der Waals surface area contributed by atoms with Gasteiger partial charge in [0.1, 0.15) is 0 Å². The van der Waals surface area contributed by atoms with Gasteiger partial charge in [-0.1, -0.05) is 6.07 Å². The first-order chi connectivity index (χ1) is 15.4. The lowest BCUT2D eigenvalue weighted by atomic mass is 9.96. The van der Waals surface area contributed by atoms with Gasteiger partial charge in [0.25, 0.3) is 0 Å². The molecule has 2 bridgehead atoms. The third-order valence-corrected chi connectivity index (χ3v) is 10.3. The Hall–Kier alpha value is -1.64. The van der Waals surface area contributed by atoms with Crippen molar-refractivity contribution in [3.8, 4) is 0 Å². The standard InChI is InChI=1S/C24H34N4O3S/c1-27-13-19(14-27)28-17-8-9-18(28)12-20(11-17)32(30,31)26-24(29)25-23-21-6-2-4-15(21)10-16-5-3-7-22(16)23/h10,17-20H,2-9,11-14H2,1H3,(H2,25,26,29)/t17-,18?,20?/m1/s1. The van der Waals surface area contributed by atoms with Crippen LogP contribution in [0.2, 0.25) is 0 Å². The Morgan fingerprint density at radius 3 is 2.09 bits per heavy atom. The minimum atomic E-state index is -3.70. The van der Waals surface area contributed by atoms with Crippen LogP contribution < -0.4 is 10.0 Å². The second-order valence-corrected chi connectivity index (χ2v) is 12.6. The number of sulfonamides is 1. The van der Waals surface area contributed by atoms with Gasteiger partial charge in [-0.2, -0.15) is 0 Å². The molecule has 174 valence electrons. The van der Waals surface area contributed by atoms with Crippen LogP contribution >= 0.6 is 0 Å². The summed E-state index contributed by atoms with van der Waals surface area (Å²) in [7, 11) is -1.57. The monoisotopic (exact) mass is 458 g/mol. The summed E-state index contributed by atoms with van der Waals surface area (Å²) in [6.07, 6.45) is 9.65. The van der Waals surface area contributed by atoms with Gasteiger partial charge >= 0.3 is 6.03 Å². The predicted octanol–water partition coefficient (Wildman–Crippen LogP) is 2.42. The quantitative estimate of drug-likeness (QED) is 0.724. The van der Waals surface area contributed by atoms with Gasteiger partial charge < -0.3 is 10.2 Å². The molecule has 2 unspecified atom stereocenters. The van der Waals surface area contributed by atoms with E-state index in [1.807, 2.05) is 0 Å². The van der Waals surface area contributed by atoms with E-state index in [1.165, 1.54) is 22.3 Å². The molecule has 3 atom stereocenters. The summed E-state index contributed by atoms with van der Waals surface area (Å²) < 4.78 is 28.8. The average Bonchev–Trinajstić information content (AvgIpc) is 3.42. The molecule has 0 spiro atoms. The molecule has 1 aromatic carbocycles. The van der Waals surface area contributed by atoms with E-state index in [0.29, 0.717) is 31.0 Å². The van der Waals surface area contributed by atoms with Crippen LogP contribution in [0.1, 0.15) is 60.8 Å². The molecule has 0 aromatic heterocycles. The van der Waals surface area contributed by atoms with Crippen LogP contribution in [-0.2, 0) is 35.7 Å². The predicted molar refractivity (Wildman–Crippen MR) is 125 cm³/mol. The summed E-state index contributed by atoms with van der Waals surface area (Å²) in [6, 6.07) is 2.96. The number of urea groups is 1. The highest BCUT2D eigenvalue weighted by molar-refractivity contribution is 7.90. The SMILES string of the molecule is CN1CC(N2C3CC[C@@H]2CC(S(=O)(=O)NC(=O)Nc2c4c(cc5c2CCC5)CCC4)C3)C1. The highest BCUT2D eigenvalue weighted by atomic mass is 32.2. The van der Waals surface area contributed by atoms with Crippen molar-refractivity contribution in [1.82, 2.24) is 14.5 Å². The van der Waals surface area contributed by atoms with Gasteiger partial charge in [-0.15, -0.1) is 0 Å². The van der Waals surface area contributed by atoms with Crippen LogP contribution in [0.15, 0.2) is 6.07 Å². The molecule has 32 heavy (non-hydrogen) atoms. The number of piperidine rings is 1. The van der Waals surface area contributed by atoms with Gasteiger partial charge in [0.15, 0.2) is 0 Å². The topological polar surface area (TPSA) is 81.8 Å². The van der Waals surface area contributed by atoms with E-state index < -0.39 is 21.3 Å². The average molecular weight is 459 g/mol. The lowest BCUT2D eigenvalue weighted by molar-refractivity contribution is 0.000515. The summed E-state index contributed by atoms with van der Waals surface area (Å²) >= 11 is 0. The second kappa shape index (κ2) is 7.71. The zero-order valence-corrected chi connectivity index (χ0v) is 19.7. The van der Waals surface area contributed by atoms with E-state index in [9.17, 15) is 13.2 Å². The number of amides is 2. The molecule has 2 aliphatic carbocycles. The first-order valence-electron chi connectivity index (χ1n) is 12.3. The largest absolute Gasteiger partial charge is 0.332 e. The first kappa shape index (κ1) is 20.9. The summed E-state index contributed by atoms with van der Waals surface area (Å²) in [5, 5.41) is 2.50. The van der Waals surface area contributed by atoms with Gasteiger partial charge in [0, 0.05) is 36.9 Å². The number of nitrogens with one attached hydrogen (secondary N) is 2. The summed E-state index contributed by atoms with van der Waals surface area (Å²) in [4.78, 5) is 17.8. The second-order valence-electron chi connectivity index (χ2n) is 10.6. The molecular formula is C24H34N4O3S. The minimum absolute atomic E-state index is 0.331. The van der Waals surface area contributed by atoms with Gasteiger partial charge in [0.05, 0.1) is 5.25 Å². The first-order valence-corrected chi connectivity index (χ1v) is 13.9. The zero-order valence-electron chi connectivity index (χ0n) is 18.9. The molecule has 6 rings (SSSR count). The van der Waals surface area contributed by atoms with Crippen molar-refractivity contribution >= 4 is 21.7 Å². The number of hydrogen-bond acceptors (Lipinski definition) is 5. The van der Waals surface area contributed by atoms with Gasteiger partial charge in [0.2, 0.25) is 10.0 Å². The Morgan fingerprint density at radius 1 is 0.938 bits per heavy atom. The van der Waals surface area contributed by atoms with E-state index >= 15 is 0 Å². The molecule has 3 heterocycles. The third-order valence-electron chi connectivity index (χ3n) is 8.60. The Morgan fingerprint density at radius 2 is 1.53 bits per heavy atom. The molecule has 1 aromatic rings. The molecule has 8 heteroatoms. The number of carbonyl (C=O) groups excluding carboxylic acids is 1. The van der Waals surface area contributed by atoms with Crippen molar-refractivity contribution in [2.24, 2.45) is 0 Å². The number of likely N-dealkylation sites (N-methyl/N-ethyl adjacent to an activating group) is 1. The van der Waals surface area contributed by atoms with Crippen molar-refractivity contribution < 1.29 is 13.2 Å². The van der Waals surface area contributed by atoms with E-state index in [2.05, 4.69) is 33.0 Å². The number of rotatable bonds is 4. The third kappa shape index (κ3) is 3.46. The normalized spacial score (nSPS) is 30.1. The smallest absolute Gasteiger partial charge is 0.307 e. The lowest BCUT2D eigenvalue weighted by Crippen LogP contribution is -2.63. The van der Waals surface area contributed by atoms with E-state index in [1.54, 1.807) is 0 Å². The van der Waals surface area contributed by atoms with Gasteiger partial charge in [-0.3, -0.25) is 4.90 Å². The molecular weight excluding hydrogens is 424 g/mol. The van der Waals surface area contributed by atoms with Crippen molar-refractivity contribution in [2.75, 3.05) is 25.5 Å². The number of carbonyl (C=O) groups is 1. The van der Waals surface area contributed by atoms with Gasteiger partial charge in [-0.05, 0) is 93.5 Å². The highest BCUT2D eigenvalue weighted by Crippen LogP contribution is 2.41. The number of benzene rings is 1. The molecule has 3 aliphatic heterocycles. The number of hydrogen-bond donors (Lipinski definition) is 2. The fourth-order valence-corrected chi connectivity index (χ4v) is 8.61. The maximum absolute atomic E-state index is 13.2. The number of nitrogens with zero attached hydrogens (tertiary/aromatic N) is 2. The number of fused-ring (bicyclic) bond motifs is 4. The zero-order chi connectivity index (χ0) is 22.0. The van der Waals surface area contributed by atoms with Crippen LogP contribution in [0.4, 0.5) is 10.5 Å². The fourth-order valence-electron chi connectivity index (χ4n) is 7.19. The molecule has 0 saturated carbocycles. The van der Waals surface area contributed by atoms with Crippen LogP contribution in [0.5, 0.6) is 0 Å². The van der Waals surface area contributed by atoms with Crippen LogP contribution in [0, 0.1) is 0 Å². The number of likely N-dealkylation sites (tertiary alicyclic amines) is 1. The van der Waals surface area contributed by atoms with Crippen LogP contribution in [0.25, 0.3) is 0 Å². The van der Waals surface area contributed by atoms with Crippen molar-refractivity contribution in [3.05, 3.63) is 28.3 Å². The van der Waals surface area contributed by atoms with Crippen LogP contribution in [-0.4, -0.2) is 67.8 Å². The summed E-state index contributed by atoms with van der Waals surface area (Å²) in [5.41, 5.74) is 5.98. The number of anilines is 1. The summed E-state index contributed by atoms with van der Waals surface area (Å²) in [6.45, 7) is 2.16. The molecule has 3 saturated heterocycles. The Labute approximate surface area is 191 Å². The molecule has 7 nitrogen and oxygen atoms in total. The van der Waals surface area contributed by atoms with Crippen LogP contribution in [0.3, 0.4) is 0 Å². The highest BCUT2D eigenvalue weighted by Gasteiger charge is 2.49. The Bertz CT molecular complexity index is 1000. The van der Waals surface area contributed by atoms with E-state index in [4.69, 9.17) is 0 Å². The maximum Gasteiger partial charge on any atom is 0.332 e.